The van der Waals surface area contributed by atoms with Gasteiger partial charge >= 0.3 is 11.7 Å². The van der Waals surface area contributed by atoms with Crippen molar-refractivity contribution in [2.24, 2.45) is 0 Å². The monoisotopic (exact) mass is 336 g/mol. The van der Waals surface area contributed by atoms with Crippen molar-refractivity contribution in [3.8, 4) is 5.75 Å². The molecule has 12 nitrogen and oxygen atoms in total. The van der Waals surface area contributed by atoms with Gasteiger partial charge in [-0.05, 0) is 6.08 Å². The lowest BCUT2D eigenvalue weighted by Gasteiger charge is -2.14. The minimum absolute atomic E-state index is 0.243. The van der Waals surface area contributed by atoms with E-state index in [0.717, 1.165) is 19.3 Å². The van der Waals surface area contributed by atoms with E-state index in [9.17, 15) is 34.6 Å². The molecule has 0 saturated carbocycles. The zero-order chi connectivity index (χ0) is 18.0. The van der Waals surface area contributed by atoms with Crippen LogP contribution in [0.4, 0.5) is 16.2 Å². The second kappa shape index (κ2) is 6.12. The molecule has 1 saturated heterocycles. The van der Waals surface area contributed by atoms with Crippen LogP contribution in [0, 0.1) is 20.2 Å². The van der Waals surface area contributed by atoms with Crippen molar-refractivity contribution in [2.45, 2.75) is 0 Å². The Morgan fingerprint density at radius 3 is 2.08 bits per heavy atom. The molecule has 2 N–H and O–H groups in total. The third kappa shape index (κ3) is 3.01. The molecule has 4 amide bonds. The Labute approximate surface area is 132 Å². The fourth-order valence-electron chi connectivity index (χ4n) is 1.95. The van der Waals surface area contributed by atoms with Crippen molar-refractivity contribution in [3.05, 3.63) is 43.5 Å². The van der Waals surface area contributed by atoms with E-state index in [1.165, 1.54) is 0 Å². The second-order valence-electron chi connectivity index (χ2n) is 4.40. The molecular weight excluding hydrogens is 328 g/mol. The van der Waals surface area contributed by atoms with E-state index < -0.39 is 44.6 Å². The average molecular weight is 336 g/mol. The summed E-state index contributed by atoms with van der Waals surface area (Å²) in [5.74, 6) is -2.49. The lowest BCUT2D eigenvalue weighted by atomic mass is 10.1. The SMILES string of the molecule is COc1c(C=C2C(=O)NC(=O)NC2=O)cc([N+](=O)[O-])cc1[N+](=O)[O-]. The standard InChI is InChI=1S/C12H8N4O8/c1-24-9-5(2-6(15(20)21)4-8(9)16(22)23)3-7-10(17)13-12(19)14-11(7)18/h2-4H,1H3,(H2,13,14,17,18,19). The van der Waals surface area contributed by atoms with Crippen LogP contribution in [0.3, 0.4) is 0 Å². The number of urea groups is 1. The number of amides is 4. The summed E-state index contributed by atoms with van der Waals surface area (Å²) in [6.45, 7) is 0. The first-order valence-electron chi connectivity index (χ1n) is 6.13. The first kappa shape index (κ1) is 16.5. The molecule has 0 unspecified atom stereocenters. The second-order valence-corrected chi connectivity index (χ2v) is 4.40. The van der Waals surface area contributed by atoms with Crippen LogP contribution in [0.2, 0.25) is 0 Å². The minimum Gasteiger partial charge on any atom is -0.490 e. The highest BCUT2D eigenvalue weighted by Crippen LogP contribution is 2.36. The van der Waals surface area contributed by atoms with Crippen LogP contribution in [0.5, 0.6) is 5.75 Å². The molecule has 1 heterocycles. The Balaban J connectivity index is 2.68. The van der Waals surface area contributed by atoms with Gasteiger partial charge in [-0.25, -0.2) is 4.79 Å². The number of hydrogen-bond donors (Lipinski definition) is 2. The van der Waals surface area contributed by atoms with Crippen molar-refractivity contribution < 1.29 is 29.0 Å². The van der Waals surface area contributed by atoms with Gasteiger partial charge in [0.1, 0.15) is 5.57 Å². The number of non-ortho nitro benzene ring substituents is 1. The minimum atomic E-state index is -1.06. The third-order valence-corrected chi connectivity index (χ3v) is 2.94. The summed E-state index contributed by atoms with van der Waals surface area (Å²) in [6, 6.07) is 0.556. The molecule has 0 spiro atoms. The van der Waals surface area contributed by atoms with Crippen LogP contribution in [-0.2, 0) is 9.59 Å². The first-order chi connectivity index (χ1) is 11.2. The van der Waals surface area contributed by atoms with E-state index in [-0.39, 0.29) is 11.3 Å². The van der Waals surface area contributed by atoms with E-state index in [0.29, 0.717) is 6.07 Å². The number of nitro groups is 2. The number of nitro benzene ring substituents is 2. The summed E-state index contributed by atoms with van der Waals surface area (Å²) in [4.78, 5) is 54.6. The maximum atomic E-state index is 11.7. The molecule has 0 atom stereocenters. The van der Waals surface area contributed by atoms with Gasteiger partial charge in [-0.1, -0.05) is 0 Å². The maximum Gasteiger partial charge on any atom is 0.328 e. The predicted molar refractivity (Wildman–Crippen MR) is 76.0 cm³/mol. The molecule has 1 fully saturated rings. The van der Waals surface area contributed by atoms with Crippen molar-refractivity contribution in [1.29, 1.82) is 0 Å². The third-order valence-electron chi connectivity index (χ3n) is 2.94. The van der Waals surface area contributed by atoms with Crippen LogP contribution in [0.25, 0.3) is 6.08 Å². The zero-order valence-electron chi connectivity index (χ0n) is 11.9. The number of hydrogen-bond acceptors (Lipinski definition) is 8. The van der Waals surface area contributed by atoms with Crippen LogP contribution < -0.4 is 15.4 Å². The molecule has 0 bridgehead atoms. The van der Waals surface area contributed by atoms with Gasteiger partial charge in [0.05, 0.1) is 23.0 Å². The van der Waals surface area contributed by atoms with Crippen LogP contribution in [0.1, 0.15) is 5.56 Å². The van der Waals surface area contributed by atoms with Gasteiger partial charge in [0.15, 0.2) is 0 Å². The lowest BCUT2D eigenvalue weighted by molar-refractivity contribution is -0.394. The van der Waals surface area contributed by atoms with Gasteiger partial charge < -0.3 is 4.74 Å². The highest BCUT2D eigenvalue weighted by atomic mass is 16.6. The molecule has 2 rings (SSSR count). The van der Waals surface area contributed by atoms with Gasteiger partial charge in [0, 0.05) is 11.6 Å². The number of carbonyl (C=O) groups is 3. The predicted octanol–water partition coefficient (Wildman–Crippen LogP) is 0.261. The molecule has 124 valence electrons. The number of ether oxygens (including phenoxy) is 1. The van der Waals surface area contributed by atoms with E-state index in [2.05, 4.69) is 0 Å². The number of nitrogens with zero attached hydrogens (tertiary/aromatic N) is 2. The average Bonchev–Trinajstić information content (AvgIpc) is 2.49. The Morgan fingerprint density at radius 1 is 1.04 bits per heavy atom. The fourth-order valence-corrected chi connectivity index (χ4v) is 1.95. The highest BCUT2D eigenvalue weighted by molar-refractivity contribution is 6.31. The fraction of sp³-hybridized carbons (Fsp3) is 0.0833. The first-order valence-corrected chi connectivity index (χ1v) is 6.13. The van der Waals surface area contributed by atoms with Gasteiger partial charge in [0.25, 0.3) is 17.5 Å². The lowest BCUT2D eigenvalue weighted by Crippen LogP contribution is -2.51. The Kier molecular flexibility index (Phi) is 4.21. The summed E-state index contributed by atoms with van der Waals surface area (Å²) in [6.07, 6.45) is 0.857. The van der Waals surface area contributed by atoms with Gasteiger partial charge in [-0.15, -0.1) is 0 Å². The normalized spacial score (nSPS) is 13.9. The summed E-state index contributed by atoms with van der Waals surface area (Å²) in [5.41, 5.74) is -2.16. The zero-order valence-corrected chi connectivity index (χ0v) is 11.9. The van der Waals surface area contributed by atoms with E-state index in [1.54, 1.807) is 10.6 Å². The number of methoxy groups -OCH3 is 1. The van der Waals surface area contributed by atoms with Crippen molar-refractivity contribution in [3.63, 3.8) is 0 Å². The van der Waals surface area contributed by atoms with E-state index >= 15 is 0 Å². The van der Waals surface area contributed by atoms with E-state index in [1.807, 2.05) is 0 Å². The van der Waals surface area contributed by atoms with Gasteiger partial charge in [0.2, 0.25) is 5.75 Å². The van der Waals surface area contributed by atoms with Crippen LogP contribution in [0.15, 0.2) is 17.7 Å². The molecule has 0 radical (unpaired) electrons. The molecule has 12 heteroatoms. The molecular formula is C12H8N4O8. The van der Waals surface area contributed by atoms with Gasteiger partial charge in [-0.3, -0.25) is 40.5 Å². The molecule has 0 aliphatic carbocycles. The van der Waals surface area contributed by atoms with E-state index in [4.69, 9.17) is 4.74 Å². The Bertz CT molecular complexity index is 807. The van der Waals surface area contributed by atoms with Crippen LogP contribution >= 0.6 is 0 Å². The topological polar surface area (TPSA) is 171 Å². The molecule has 1 aromatic carbocycles. The number of nitrogens with one attached hydrogen (secondary N) is 2. The molecule has 0 aromatic heterocycles. The van der Waals surface area contributed by atoms with Gasteiger partial charge in [-0.2, -0.15) is 0 Å². The number of benzene rings is 1. The highest BCUT2D eigenvalue weighted by Gasteiger charge is 2.30. The summed E-state index contributed by atoms with van der Waals surface area (Å²) in [5, 5.41) is 25.6. The van der Waals surface area contributed by atoms with Crippen molar-refractivity contribution in [1.82, 2.24) is 10.6 Å². The molecule has 1 aromatic rings. The maximum absolute atomic E-state index is 11.7. The number of carbonyl (C=O) groups excluding carboxylic acids is 3. The largest absolute Gasteiger partial charge is 0.490 e. The number of barbiturate groups is 1. The Hall–Kier alpha value is -3.83. The summed E-state index contributed by atoms with van der Waals surface area (Å²) < 4.78 is 4.87. The summed E-state index contributed by atoms with van der Waals surface area (Å²) >= 11 is 0. The quantitative estimate of drug-likeness (QED) is 0.341. The molecule has 1 aliphatic rings. The van der Waals surface area contributed by atoms with Crippen LogP contribution in [-0.4, -0.2) is 34.8 Å². The summed E-state index contributed by atoms with van der Waals surface area (Å²) in [7, 11) is 1.08. The van der Waals surface area contributed by atoms with Crippen molar-refractivity contribution >= 4 is 35.3 Å². The smallest absolute Gasteiger partial charge is 0.328 e. The molecule has 24 heavy (non-hydrogen) atoms. The Morgan fingerprint density at radius 2 is 1.62 bits per heavy atom. The number of rotatable bonds is 4. The van der Waals surface area contributed by atoms with Crippen molar-refractivity contribution in [2.75, 3.05) is 7.11 Å². The number of imide groups is 2. The molecule has 1 aliphatic heterocycles.